The molecular formula is C18H12ClF3N2O2S. The van der Waals surface area contributed by atoms with Gasteiger partial charge in [-0.15, -0.1) is 0 Å². The summed E-state index contributed by atoms with van der Waals surface area (Å²) in [6, 6.07) is 10.8. The predicted molar refractivity (Wildman–Crippen MR) is 96.0 cm³/mol. The molecule has 2 aromatic carbocycles. The lowest BCUT2D eigenvalue weighted by atomic mass is 10.1. The van der Waals surface area contributed by atoms with Crippen molar-refractivity contribution in [2.45, 2.75) is 11.1 Å². The highest BCUT2D eigenvalue weighted by Gasteiger charge is 2.31. The molecule has 140 valence electrons. The minimum atomic E-state index is -4.56. The monoisotopic (exact) mass is 412 g/mol. The molecule has 1 heterocycles. The van der Waals surface area contributed by atoms with E-state index in [0.717, 1.165) is 24.6 Å². The third kappa shape index (κ3) is 4.28. The van der Waals surface area contributed by atoms with Crippen LogP contribution in [0.3, 0.4) is 0 Å². The summed E-state index contributed by atoms with van der Waals surface area (Å²) < 4.78 is 63.3. The first-order valence-corrected chi connectivity index (χ1v) is 9.83. The van der Waals surface area contributed by atoms with Gasteiger partial charge in [0.1, 0.15) is 4.90 Å². The van der Waals surface area contributed by atoms with Crippen LogP contribution in [0.2, 0.25) is 5.02 Å². The van der Waals surface area contributed by atoms with Crippen LogP contribution in [-0.4, -0.2) is 24.6 Å². The average molecular weight is 413 g/mol. The number of nitrogens with zero attached hydrogens (tertiary/aromatic N) is 2. The van der Waals surface area contributed by atoms with Crippen LogP contribution in [0.15, 0.2) is 59.6 Å². The lowest BCUT2D eigenvalue weighted by Gasteiger charge is -2.12. The minimum Gasteiger partial charge on any atom is -0.235 e. The van der Waals surface area contributed by atoms with Gasteiger partial charge in [-0.1, -0.05) is 23.7 Å². The Bertz CT molecular complexity index is 1100. The molecule has 0 radical (unpaired) electrons. The van der Waals surface area contributed by atoms with Gasteiger partial charge in [0, 0.05) is 22.4 Å². The van der Waals surface area contributed by atoms with E-state index >= 15 is 0 Å². The van der Waals surface area contributed by atoms with E-state index in [9.17, 15) is 21.6 Å². The Balaban J connectivity index is 2.23. The van der Waals surface area contributed by atoms with Gasteiger partial charge in [-0.3, -0.25) is 0 Å². The van der Waals surface area contributed by atoms with E-state index in [-0.39, 0.29) is 22.0 Å². The number of benzene rings is 2. The topological polar surface area (TPSA) is 59.9 Å². The molecule has 0 atom stereocenters. The number of rotatable bonds is 3. The molecule has 27 heavy (non-hydrogen) atoms. The quantitative estimate of drug-likeness (QED) is 0.614. The van der Waals surface area contributed by atoms with E-state index in [4.69, 9.17) is 11.6 Å². The lowest BCUT2D eigenvalue weighted by Crippen LogP contribution is -2.07. The molecule has 0 spiro atoms. The number of hydrogen-bond donors (Lipinski definition) is 0. The summed E-state index contributed by atoms with van der Waals surface area (Å²) in [6.45, 7) is 0. The van der Waals surface area contributed by atoms with Gasteiger partial charge in [-0.2, -0.15) is 13.2 Å². The van der Waals surface area contributed by atoms with Crippen LogP contribution in [0.25, 0.3) is 22.6 Å². The third-order valence-corrected chi connectivity index (χ3v) is 5.07. The lowest BCUT2D eigenvalue weighted by molar-refractivity contribution is -0.137. The second kappa shape index (κ2) is 6.94. The summed E-state index contributed by atoms with van der Waals surface area (Å²) in [5, 5.41) is 0.490. The molecule has 0 bridgehead atoms. The Morgan fingerprint density at radius 3 is 2.26 bits per heavy atom. The molecule has 0 aliphatic heterocycles. The van der Waals surface area contributed by atoms with Crippen LogP contribution in [0, 0.1) is 0 Å². The van der Waals surface area contributed by atoms with Crippen molar-refractivity contribution in [1.82, 2.24) is 9.97 Å². The normalized spacial score (nSPS) is 12.2. The maximum atomic E-state index is 13.0. The molecule has 0 saturated heterocycles. The highest BCUT2D eigenvalue weighted by Crippen LogP contribution is 2.34. The van der Waals surface area contributed by atoms with E-state index in [1.807, 2.05) is 0 Å². The molecular weight excluding hydrogens is 401 g/mol. The molecule has 3 rings (SSSR count). The zero-order chi connectivity index (χ0) is 19.8. The van der Waals surface area contributed by atoms with Gasteiger partial charge in [-0.25, -0.2) is 18.4 Å². The van der Waals surface area contributed by atoms with Crippen molar-refractivity contribution >= 4 is 21.4 Å². The molecule has 0 fully saturated rings. The predicted octanol–water partition coefficient (Wildman–Crippen LogP) is 4.89. The van der Waals surface area contributed by atoms with Crippen LogP contribution in [0.4, 0.5) is 13.2 Å². The molecule has 0 N–H and O–H groups in total. The Morgan fingerprint density at radius 2 is 1.67 bits per heavy atom. The van der Waals surface area contributed by atoms with Gasteiger partial charge in [0.25, 0.3) is 0 Å². The molecule has 0 unspecified atom stereocenters. The molecule has 0 aliphatic carbocycles. The van der Waals surface area contributed by atoms with Gasteiger partial charge in [0.05, 0.1) is 17.5 Å². The molecule has 9 heteroatoms. The van der Waals surface area contributed by atoms with Crippen molar-refractivity contribution in [3.05, 3.63) is 65.3 Å². The number of hydrogen-bond acceptors (Lipinski definition) is 4. The molecule has 1 aromatic heterocycles. The summed E-state index contributed by atoms with van der Waals surface area (Å²) in [6.07, 6.45) is -2.51. The van der Waals surface area contributed by atoms with Crippen LogP contribution >= 0.6 is 11.6 Å². The number of halogens is 4. The van der Waals surface area contributed by atoms with Crippen molar-refractivity contribution in [3.63, 3.8) is 0 Å². The van der Waals surface area contributed by atoms with Gasteiger partial charge >= 0.3 is 6.18 Å². The van der Waals surface area contributed by atoms with Gasteiger partial charge in [-0.05, 0) is 36.4 Å². The Morgan fingerprint density at radius 1 is 1.00 bits per heavy atom. The van der Waals surface area contributed by atoms with Crippen molar-refractivity contribution in [3.8, 4) is 22.6 Å². The van der Waals surface area contributed by atoms with Crippen molar-refractivity contribution in [1.29, 1.82) is 0 Å². The highest BCUT2D eigenvalue weighted by molar-refractivity contribution is 7.90. The van der Waals surface area contributed by atoms with E-state index in [1.54, 1.807) is 24.3 Å². The smallest absolute Gasteiger partial charge is 0.235 e. The second-order valence-electron chi connectivity index (χ2n) is 5.76. The molecule has 4 nitrogen and oxygen atoms in total. The summed E-state index contributed by atoms with van der Waals surface area (Å²) in [5.41, 5.74) is -0.412. The third-order valence-electron chi connectivity index (χ3n) is 3.72. The Kier molecular flexibility index (Phi) is 4.96. The van der Waals surface area contributed by atoms with Gasteiger partial charge in [0.2, 0.25) is 0 Å². The minimum absolute atomic E-state index is 0.0304. The maximum absolute atomic E-state index is 13.0. The van der Waals surface area contributed by atoms with Crippen LogP contribution in [-0.2, 0) is 16.0 Å². The van der Waals surface area contributed by atoms with Crippen molar-refractivity contribution in [2.24, 2.45) is 0 Å². The van der Waals surface area contributed by atoms with E-state index in [1.165, 1.54) is 12.1 Å². The summed E-state index contributed by atoms with van der Waals surface area (Å²) in [7, 11) is -3.76. The average Bonchev–Trinajstić information content (AvgIpc) is 2.60. The van der Waals surface area contributed by atoms with Gasteiger partial charge < -0.3 is 0 Å². The summed E-state index contributed by atoms with van der Waals surface area (Å²) in [5.74, 6) is 0.173. The maximum Gasteiger partial charge on any atom is 0.416 e. The van der Waals surface area contributed by atoms with E-state index < -0.39 is 21.6 Å². The largest absolute Gasteiger partial charge is 0.416 e. The molecule has 3 aromatic rings. The first-order chi connectivity index (χ1) is 12.6. The fraction of sp³-hybridized carbons (Fsp3) is 0.111. The first-order valence-electron chi connectivity index (χ1n) is 7.56. The van der Waals surface area contributed by atoms with Crippen molar-refractivity contribution < 1.29 is 21.6 Å². The van der Waals surface area contributed by atoms with Gasteiger partial charge in [0.15, 0.2) is 15.7 Å². The standard InChI is InChI=1S/C18H12ClF3N2O2S/c1-27(25,26)15-10-23-17(11-5-7-14(19)8-6-11)24-16(15)12-3-2-4-13(9-12)18(20,21)22/h2-10H,1H3. The number of alkyl halides is 3. The fourth-order valence-electron chi connectivity index (χ4n) is 2.43. The van der Waals surface area contributed by atoms with Crippen LogP contribution < -0.4 is 0 Å². The van der Waals surface area contributed by atoms with Crippen LogP contribution in [0.1, 0.15) is 5.56 Å². The molecule has 0 amide bonds. The Labute approximate surface area is 158 Å². The Hall–Kier alpha value is -2.45. The van der Waals surface area contributed by atoms with E-state index in [2.05, 4.69) is 9.97 Å². The van der Waals surface area contributed by atoms with Crippen LogP contribution in [0.5, 0.6) is 0 Å². The summed E-state index contributed by atoms with van der Waals surface area (Å²) in [4.78, 5) is 8.03. The zero-order valence-corrected chi connectivity index (χ0v) is 15.4. The SMILES string of the molecule is CS(=O)(=O)c1cnc(-c2ccc(Cl)cc2)nc1-c1cccc(C(F)(F)F)c1. The second-order valence-corrected chi connectivity index (χ2v) is 8.18. The highest BCUT2D eigenvalue weighted by atomic mass is 35.5. The number of sulfone groups is 1. The zero-order valence-electron chi connectivity index (χ0n) is 13.8. The van der Waals surface area contributed by atoms with Crippen molar-refractivity contribution in [2.75, 3.05) is 6.26 Å². The molecule has 0 saturated carbocycles. The number of aromatic nitrogens is 2. The molecule has 0 aliphatic rings. The van der Waals surface area contributed by atoms with E-state index in [0.29, 0.717) is 10.6 Å². The first kappa shape index (κ1) is 19.3. The fourth-order valence-corrected chi connectivity index (χ4v) is 3.31. The summed E-state index contributed by atoms with van der Waals surface area (Å²) >= 11 is 5.84.